The van der Waals surface area contributed by atoms with E-state index in [0.717, 1.165) is 37.9 Å². The fraction of sp³-hybridized carbons (Fsp3) is 0.444. The SMILES string of the molecule is Cl.O=C(Nc1ccnn1Cc1cccc(Cl)c1Cl)C1CC12CCNCC2. The summed E-state index contributed by atoms with van der Waals surface area (Å²) in [5.41, 5.74) is 1.09. The van der Waals surface area contributed by atoms with Gasteiger partial charge >= 0.3 is 0 Å². The topological polar surface area (TPSA) is 59.0 Å². The van der Waals surface area contributed by atoms with Crippen LogP contribution in [0.25, 0.3) is 0 Å². The molecule has 2 N–H and O–H groups in total. The first-order chi connectivity index (χ1) is 12.1. The molecule has 5 nitrogen and oxygen atoms in total. The maximum atomic E-state index is 12.7. The largest absolute Gasteiger partial charge is 0.317 e. The zero-order chi connectivity index (χ0) is 17.4. The number of carbonyl (C=O) groups is 1. The number of hydrogen-bond acceptors (Lipinski definition) is 3. The number of piperidine rings is 1. The van der Waals surface area contributed by atoms with Gasteiger partial charge in [0.05, 0.1) is 22.8 Å². The molecule has 1 aliphatic heterocycles. The van der Waals surface area contributed by atoms with Gasteiger partial charge in [-0.1, -0.05) is 35.3 Å². The van der Waals surface area contributed by atoms with Crippen molar-refractivity contribution >= 4 is 47.3 Å². The lowest BCUT2D eigenvalue weighted by atomic mass is 9.92. The number of aromatic nitrogens is 2. The minimum atomic E-state index is 0. The van der Waals surface area contributed by atoms with Gasteiger partial charge in [0.25, 0.3) is 0 Å². The van der Waals surface area contributed by atoms with Gasteiger partial charge in [0, 0.05) is 12.0 Å². The summed E-state index contributed by atoms with van der Waals surface area (Å²) in [6.45, 7) is 2.48. The molecular formula is C18H21Cl3N4O. The average Bonchev–Trinajstić information content (AvgIpc) is 3.12. The first-order valence-electron chi connectivity index (χ1n) is 8.55. The van der Waals surface area contributed by atoms with Gasteiger partial charge in [0.2, 0.25) is 5.91 Å². The summed E-state index contributed by atoms with van der Waals surface area (Å²) in [6.07, 6.45) is 4.85. The number of amides is 1. The summed E-state index contributed by atoms with van der Waals surface area (Å²) >= 11 is 12.3. The van der Waals surface area contributed by atoms with Crippen LogP contribution in [-0.2, 0) is 11.3 Å². The highest BCUT2D eigenvalue weighted by Crippen LogP contribution is 2.58. The van der Waals surface area contributed by atoms with Crippen LogP contribution in [0, 0.1) is 11.3 Å². The van der Waals surface area contributed by atoms with Gasteiger partial charge in [-0.15, -0.1) is 12.4 Å². The zero-order valence-corrected chi connectivity index (χ0v) is 16.5. The summed E-state index contributed by atoms with van der Waals surface area (Å²) in [7, 11) is 0. The standard InChI is InChI=1S/C18H20Cl2N4O.ClH/c19-14-3-1-2-12(16(14)20)11-24-15(4-7-22-24)23-17(25)13-10-18(13)5-8-21-9-6-18;/h1-4,7,13,21H,5-6,8-11H2,(H,23,25);1H. The van der Waals surface area contributed by atoms with Gasteiger partial charge in [0.15, 0.2) is 0 Å². The molecule has 1 aliphatic carbocycles. The molecule has 8 heteroatoms. The summed E-state index contributed by atoms with van der Waals surface area (Å²) in [6, 6.07) is 7.33. The first kappa shape index (κ1) is 19.5. The Morgan fingerprint density at radius 1 is 1.31 bits per heavy atom. The molecule has 1 aromatic carbocycles. The molecule has 1 saturated carbocycles. The van der Waals surface area contributed by atoms with E-state index in [9.17, 15) is 4.79 Å². The Bertz CT molecular complexity index is 801. The zero-order valence-electron chi connectivity index (χ0n) is 14.2. The van der Waals surface area contributed by atoms with Crippen LogP contribution >= 0.6 is 35.6 Å². The molecule has 1 amide bonds. The number of halogens is 3. The maximum absolute atomic E-state index is 12.7. The lowest BCUT2D eigenvalue weighted by molar-refractivity contribution is -0.118. The molecule has 4 rings (SSSR count). The minimum Gasteiger partial charge on any atom is -0.317 e. The number of rotatable bonds is 4. The Labute approximate surface area is 168 Å². The van der Waals surface area contributed by atoms with E-state index in [2.05, 4.69) is 15.7 Å². The van der Waals surface area contributed by atoms with Crippen molar-refractivity contribution in [2.24, 2.45) is 11.3 Å². The fourth-order valence-electron chi connectivity index (χ4n) is 3.81. The lowest BCUT2D eigenvalue weighted by Crippen LogP contribution is -2.31. The van der Waals surface area contributed by atoms with E-state index in [-0.39, 0.29) is 29.6 Å². The molecule has 0 radical (unpaired) electrons. The predicted octanol–water partition coefficient (Wildman–Crippen LogP) is 3.99. The van der Waals surface area contributed by atoms with Crippen molar-refractivity contribution in [2.75, 3.05) is 18.4 Å². The second-order valence-corrected chi connectivity index (χ2v) is 7.73. The van der Waals surface area contributed by atoms with E-state index in [0.29, 0.717) is 22.4 Å². The molecule has 26 heavy (non-hydrogen) atoms. The van der Waals surface area contributed by atoms with Gasteiger partial charge in [-0.3, -0.25) is 4.79 Å². The Hall–Kier alpha value is -1.27. The Kier molecular flexibility index (Phi) is 5.82. The third-order valence-electron chi connectivity index (χ3n) is 5.43. The van der Waals surface area contributed by atoms with E-state index in [1.807, 2.05) is 18.2 Å². The van der Waals surface area contributed by atoms with Gasteiger partial charge in [-0.05, 0) is 49.4 Å². The molecule has 0 bridgehead atoms. The highest BCUT2D eigenvalue weighted by Gasteiger charge is 2.57. The van der Waals surface area contributed by atoms with Crippen molar-refractivity contribution in [3.8, 4) is 0 Å². The molecule has 1 aromatic heterocycles. The molecule has 2 fully saturated rings. The maximum Gasteiger partial charge on any atom is 0.229 e. The highest BCUT2D eigenvalue weighted by atomic mass is 35.5. The second kappa shape index (κ2) is 7.77. The number of nitrogens with one attached hydrogen (secondary N) is 2. The molecular weight excluding hydrogens is 395 g/mol. The molecule has 2 aliphatic rings. The van der Waals surface area contributed by atoms with E-state index < -0.39 is 0 Å². The summed E-state index contributed by atoms with van der Waals surface area (Å²) in [4.78, 5) is 12.7. The molecule has 1 spiro atoms. The fourth-order valence-corrected chi connectivity index (χ4v) is 4.19. The van der Waals surface area contributed by atoms with E-state index >= 15 is 0 Å². The lowest BCUT2D eigenvalue weighted by Gasteiger charge is -2.23. The van der Waals surface area contributed by atoms with Crippen LogP contribution in [0.2, 0.25) is 10.0 Å². The van der Waals surface area contributed by atoms with Gasteiger partial charge in [-0.25, -0.2) is 4.68 Å². The molecule has 2 aromatic rings. The summed E-state index contributed by atoms with van der Waals surface area (Å²) in [5.74, 6) is 0.908. The van der Waals surface area contributed by atoms with Crippen molar-refractivity contribution in [3.63, 3.8) is 0 Å². The van der Waals surface area contributed by atoms with Gasteiger partial charge in [-0.2, -0.15) is 5.10 Å². The Balaban J connectivity index is 0.00000196. The van der Waals surface area contributed by atoms with Crippen molar-refractivity contribution in [3.05, 3.63) is 46.1 Å². The number of hydrogen-bond donors (Lipinski definition) is 2. The predicted molar refractivity (Wildman–Crippen MR) is 106 cm³/mol. The van der Waals surface area contributed by atoms with Crippen LogP contribution < -0.4 is 10.6 Å². The monoisotopic (exact) mass is 414 g/mol. The molecule has 1 atom stereocenters. The minimum absolute atomic E-state index is 0. The second-order valence-electron chi connectivity index (χ2n) is 6.95. The van der Waals surface area contributed by atoms with Crippen LogP contribution in [-0.4, -0.2) is 28.8 Å². The smallest absolute Gasteiger partial charge is 0.229 e. The summed E-state index contributed by atoms with van der Waals surface area (Å²) in [5, 5.41) is 11.8. The van der Waals surface area contributed by atoms with Crippen LogP contribution in [0.1, 0.15) is 24.8 Å². The molecule has 140 valence electrons. The van der Waals surface area contributed by atoms with Crippen molar-refractivity contribution in [2.45, 2.75) is 25.8 Å². The first-order valence-corrected chi connectivity index (χ1v) is 9.31. The number of carbonyl (C=O) groups excluding carboxylic acids is 1. The summed E-state index contributed by atoms with van der Waals surface area (Å²) < 4.78 is 1.74. The third kappa shape index (κ3) is 3.72. The van der Waals surface area contributed by atoms with Crippen LogP contribution in [0.5, 0.6) is 0 Å². The van der Waals surface area contributed by atoms with Gasteiger partial charge in [0.1, 0.15) is 5.82 Å². The van der Waals surface area contributed by atoms with Crippen LogP contribution in [0.15, 0.2) is 30.5 Å². The van der Waals surface area contributed by atoms with Crippen molar-refractivity contribution in [1.29, 1.82) is 0 Å². The Morgan fingerprint density at radius 3 is 2.85 bits per heavy atom. The number of nitrogens with zero attached hydrogens (tertiary/aromatic N) is 2. The van der Waals surface area contributed by atoms with E-state index in [1.54, 1.807) is 16.9 Å². The molecule has 1 saturated heterocycles. The van der Waals surface area contributed by atoms with Crippen LogP contribution in [0.4, 0.5) is 5.82 Å². The quantitative estimate of drug-likeness (QED) is 0.794. The van der Waals surface area contributed by atoms with E-state index in [1.165, 1.54) is 0 Å². The van der Waals surface area contributed by atoms with E-state index in [4.69, 9.17) is 23.2 Å². The van der Waals surface area contributed by atoms with Gasteiger partial charge < -0.3 is 10.6 Å². The van der Waals surface area contributed by atoms with Crippen molar-refractivity contribution < 1.29 is 4.79 Å². The molecule has 2 heterocycles. The normalized spacial score (nSPS) is 20.5. The number of benzene rings is 1. The van der Waals surface area contributed by atoms with Crippen molar-refractivity contribution in [1.82, 2.24) is 15.1 Å². The Morgan fingerprint density at radius 2 is 2.08 bits per heavy atom. The molecule has 1 unspecified atom stereocenters. The highest BCUT2D eigenvalue weighted by molar-refractivity contribution is 6.42. The third-order valence-corrected chi connectivity index (χ3v) is 6.28. The number of anilines is 1. The van der Waals surface area contributed by atoms with Crippen LogP contribution in [0.3, 0.4) is 0 Å². The average molecular weight is 416 g/mol.